The number of hydrogen-bond donors (Lipinski definition) is 2. The maximum absolute atomic E-state index is 10.4. The average molecular weight is 364 g/mol. The van der Waals surface area contributed by atoms with Gasteiger partial charge in [0, 0.05) is 42.9 Å². The second kappa shape index (κ2) is 7.45. The summed E-state index contributed by atoms with van der Waals surface area (Å²) in [5, 5.41) is 14.3. The van der Waals surface area contributed by atoms with Crippen molar-refractivity contribution in [1.29, 1.82) is 0 Å². The molecule has 27 heavy (non-hydrogen) atoms. The number of phenols is 1. The molecule has 2 aliphatic rings. The Labute approximate surface area is 161 Å². The number of hydrogen-bond acceptors (Lipinski definition) is 4. The number of piperidine rings is 1. The molecule has 1 fully saturated rings. The summed E-state index contributed by atoms with van der Waals surface area (Å²) in [6.45, 7) is 6.61. The topological polar surface area (TPSA) is 47.9 Å². The summed E-state index contributed by atoms with van der Waals surface area (Å²) < 4.78 is 0. The molecule has 2 heterocycles. The van der Waals surface area contributed by atoms with Crippen LogP contribution in [0.5, 0.6) is 5.75 Å². The zero-order valence-electron chi connectivity index (χ0n) is 16.2. The van der Waals surface area contributed by atoms with E-state index < -0.39 is 0 Å². The Kier molecular flexibility index (Phi) is 5.02. The number of aromatic hydroxyl groups is 1. The molecule has 1 atom stereocenters. The van der Waals surface area contributed by atoms with E-state index in [0.717, 1.165) is 43.6 Å². The van der Waals surface area contributed by atoms with Crippen LogP contribution >= 0.6 is 0 Å². The number of benzene rings is 2. The van der Waals surface area contributed by atoms with E-state index in [0.29, 0.717) is 11.8 Å². The third-order valence-corrected chi connectivity index (χ3v) is 5.96. The van der Waals surface area contributed by atoms with Crippen molar-refractivity contribution in [2.75, 3.05) is 13.1 Å². The Balaban J connectivity index is 1.69. The van der Waals surface area contributed by atoms with Gasteiger partial charge in [-0.25, -0.2) is 0 Å². The van der Waals surface area contributed by atoms with Crippen LogP contribution in [-0.4, -0.2) is 40.5 Å². The zero-order valence-corrected chi connectivity index (χ0v) is 16.2. The Morgan fingerprint density at radius 3 is 2.37 bits per heavy atom. The molecule has 0 saturated carbocycles. The van der Waals surface area contributed by atoms with Crippen molar-refractivity contribution in [3.05, 3.63) is 65.7 Å². The van der Waals surface area contributed by atoms with Crippen molar-refractivity contribution >= 4 is 5.71 Å². The van der Waals surface area contributed by atoms with E-state index >= 15 is 0 Å². The van der Waals surface area contributed by atoms with Crippen LogP contribution in [0.15, 0.2) is 59.6 Å². The van der Waals surface area contributed by atoms with Gasteiger partial charge in [0.15, 0.2) is 0 Å². The van der Waals surface area contributed by atoms with Gasteiger partial charge in [0.25, 0.3) is 0 Å². The molecule has 0 aliphatic carbocycles. The van der Waals surface area contributed by atoms with Crippen LogP contribution < -0.4 is 5.32 Å². The van der Waals surface area contributed by atoms with Gasteiger partial charge >= 0.3 is 0 Å². The first-order valence-electron chi connectivity index (χ1n) is 10.0. The largest absolute Gasteiger partial charge is 0.507 e. The van der Waals surface area contributed by atoms with Crippen LogP contribution in [0, 0.1) is 0 Å². The fourth-order valence-electron chi connectivity index (χ4n) is 4.35. The number of phenolic OH excluding ortho intramolecular Hbond substituents is 1. The smallest absolute Gasteiger partial charge is 0.124 e. The summed E-state index contributed by atoms with van der Waals surface area (Å²) in [7, 11) is 0. The van der Waals surface area contributed by atoms with Gasteiger partial charge in [0.2, 0.25) is 0 Å². The second-order valence-electron chi connectivity index (χ2n) is 8.05. The zero-order chi connectivity index (χ0) is 18.9. The first-order valence-corrected chi connectivity index (χ1v) is 10.0. The van der Waals surface area contributed by atoms with E-state index in [1.165, 1.54) is 5.56 Å². The summed E-state index contributed by atoms with van der Waals surface area (Å²) in [5.74, 6) is 0.319. The molecule has 0 bridgehead atoms. The highest BCUT2D eigenvalue weighted by Crippen LogP contribution is 2.36. The molecule has 142 valence electrons. The molecule has 0 unspecified atom stereocenters. The molecule has 4 rings (SSSR count). The van der Waals surface area contributed by atoms with E-state index in [2.05, 4.69) is 54.4 Å². The van der Waals surface area contributed by atoms with Gasteiger partial charge in [-0.2, -0.15) is 0 Å². The van der Waals surface area contributed by atoms with Gasteiger partial charge in [-0.05, 0) is 44.4 Å². The number of nitrogens with zero attached hydrogens (tertiary/aromatic N) is 2. The molecule has 0 aromatic heterocycles. The second-order valence-corrected chi connectivity index (χ2v) is 8.05. The molecule has 2 aromatic carbocycles. The van der Waals surface area contributed by atoms with Crippen LogP contribution in [0.4, 0.5) is 0 Å². The molecular weight excluding hydrogens is 334 g/mol. The van der Waals surface area contributed by atoms with Crippen LogP contribution in [0.3, 0.4) is 0 Å². The molecule has 4 heteroatoms. The van der Waals surface area contributed by atoms with E-state index in [1.54, 1.807) is 6.07 Å². The Hall–Kier alpha value is -2.17. The van der Waals surface area contributed by atoms with Crippen LogP contribution in [0.1, 0.15) is 50.3 Å². The third-order valence-electron chi connectivity index (χ3n) is 5.96. The van der Waals surface area contributed by atoms with E-state index in [4.69, 9.17) is 4.99 Å². The highest BCUT2D eigenvalue weighted by molar-refractivity contribution is 6.03. The number of para-hydroxylation sites is 1. The SMILES string of the molecule is CC(C)N1CCC2(CC1)N=C(c1ccccc1O)C[C@@H](c1ccccc1)N2. The lowest BCUT2D eigenvalue weighted by Crippen LogP contribution is -2.56. The number of nitrogens with one attached hydrogen (secondary N) is 1. The van der Waals surface area contributed by atoms with Gasteiger partial charge in [-0.3, -0.25) is 10.3 Å². The van der Waals surface area contributed by atoms with Crippen molar-refractivity contribution < 1.29 is 5.11 Å². The first-order chi connectivity index (χ1) is 13.1. The minimum absolute atomic E-state index is 0.212. The monoisotopic (exact) mass is 363 g/mol. The van der Waals surface area contributed by atoms with E-state index in [9.17, 15) is 5.11 Å². The number of rotatable bonds is 3. The van der Waals surface area contributed by atoms with Gasteiger partial charge in [0.1, 0.15) is 11.4 Å². The molecule has 0 amide bonds. The summed E-state index contributed by atoms with van der Waals surface area (Å²) in [4.78, 5) is 7.71. The van der Waals surface area contributed by atoms with Crippen LogP contribution in [0.2, 0.25) is 0 Å². The van der Waals surface area contributed by atoms with Gasteiger partial charge in [-0.1, -0.05) is 42.5 Å². The van der Waals surface area contributed by atoms with Gasteiger partial charge in [-0.15, -0.1) is 0 Å². The summed E-state index contributed by atoms with van der Waals surface area (Å²) in [5.41, 5.74) is 2.91. The van der Waals surface area contributed by atoms with Crippen molar-refractivity contribution in [1.82, 2.24) is 10.2 Å². The predicted molar refractivity (Wildman–Crippen MR) is 110 cm³/mol. The number of aliphatic imine (C=N–C) groups is 1. The fraction of sp³-hybridized carbons (Fsp3) is 0.435. The first kappa shape index (κ1) is 18.2. The molecule has 0 radical (unpaired) electrons. The Morgan fingerprint density at radius 2 is 1.70 bits per heavy atom. The van der Waals surface area contributed by atoms with E-state index in [-0.39, 0.29) is 11.7 Å². The molecular formula is C23H29N3O. The molecule has 2 N–H and O–H groups in total. The quantitative estimate of drug-likeness (QED) is 0.862. The lowest BCUT2D eigenvalue weighted by molar-refractivity contribution is 0.103. The maximum atomic E-state index is 10.4. The third kappa shape index (κ3) is 3.78. The van der Waals surface area contributed by atoms with Crippen LogP contribution in [0.25, 0.3) is 0 Å². The summed E-state index contributed by atoms with van der Waals surface area (Å²) >= 11 is 0. The van der Waals surface area contributed by atoms with Crippen molar-refractivity contribution in [2.24, 2.45) is 4.99 Å². The highest BCUT2D eigenvalue weighted by Gasteiger charge is 2.40. The maximum Gasteiger partial charge on any atom is 0.124 e. The molecule has 1 spiro atoms. The number of likely N-dealkylation sites (tertiary alicyclic amines) is 1. The van der Waals surface area contributed by atoms with Gasteiger partial charge in [0.05, 0.1) is 0 Å². The Morgan fingerprint density at radius 1 is 1.04 bits per heavy atom. The lowest BCUT2D eigenvalue weighted by atomic mass is 9.87. The molecule has 2 aliphatic heterocycles. The molecule has 1 saturated heterocycles. The van der Waals surface area contributed by atoms with Crippen LogP contribution in [-0.2, 0) is 0 Å². The predicted octanol–water partition coefficient (Wildman–Crippen LogP) is 4.12. The lowest BCUT2D eigenvalue weighted by Gasteiger charge is -2.46. The van der Waals surface area contributed by atoms with Gasteiger partial charge < -0.3 is 10.0 Å². The normalized spacial score (nSPS) is 22.8. The molecule has 4 nitrogen and oxygen atoms in total. The minimum atomic E-state index is -0.248. The fourth-order valence-corrected chi connectivity index (χ4v) is 4.35. The Bertz CT molecular complexity index is 807. The van der Waals surface area contributed by atoms with Crippen molar-refractivity contribution in [3.63, 3.8) is 0 Å². The summed E-state index contributed by atoms with van der Waals surface area (Å²) in [6, 6.07) is 19.0. The molecule has 2 aromatic rings. The van der Waals surface area contributed by atoms with Crippen molar-refractivity contribution in [3.8, 4) is 5.75 Å². The average Bonchev–Trinajstić information content (AvgIpc) is 2.69. The summed E-state index contributed by atoms with van der Waals surface area (Å²) in [6.07, 6.45) is 2.77. The standard InChI is InChI=1S/C23H29N3O/c1-17(2)26-14-12-23(13-15-26)24-20(18-8-4-3-5-9-18)16-21(25-23)19-10-6-7-11-22(19)27/h3-11,17,20,24,27H,12-16H2,1-2H3/t20-/m0/s1. The van der Waals surface area contributed by atoms with Crippen molar-refractivity contribution in [2.45, 2.75) is 50.9 Å². The minimum Gasteiger partial charge on any atom is -0.507 e. The highest BCUT2D eigenvalue weighted by atomic mass is 16.3. The van der Waals surface area contributed by atoms with E-state index in [1.807, 2.05) is 18.2 Å².